The number of carbonyl (C=O) groups is 1. The van der Waals surface area contributed by atoms with E-state index >= 15 is 4.39 Å². The topological polar surface area (TPSA) is 135 Å². The third-order valence-electron chi connectivity index (χ3n) is 8.83. The second-order valence-electron chi connectivity index (χ2n) is 12.7. The zero-order valence-electron chi connectivity index (χ0n) is 29.1. The molecule has 276 valence electrons. The van der Waals surface area contributed by atoms with Crippen LogP contribution in [0.2, 0.25) is 0 Å². The number of benzene rings is 3. The van der Waals surface area contributed by atoms with Crippen molar-refractivity contribution in [2.45, 2.75) is 26.3 Å². The Morgan fingerprint density at radius 1 is 0.925 bits per heavy atom. The standard InChI is InChI=1S/C38H37F2N5O8/c1-23(2)44-22-27(37(47)45(38(44)48)26-7-4-24(39)5-8-26)36(46)42-25-6-9-30(28(40)20-25)53-31-10-11-41-29-21-32(34-35(33(29)31)52-19-18-51-34)50-15-3-12-43-13-16-49-17-14-43/h4-11,20-23H,3,12-19H2,1-2H3,(H,42,46). The minimum Gasteiger partial charge on any atom is -0.489 e. The highest BCUT2D eigenvalue weighted by atomic mass is 19.1. The van der Waals surface area contributed by atoms with Gasteiger partial charge in [0.15, 0.2) is 23.1 Å². The number of nitrogens with zero attached hydrogens (tertiary/aromatic N) is 4. The predicted molar refractivity (Wildman–Crippen MR) is 191 cm³/mol. The van der Waals surface area contributed by atoms with Crippen molar-refractivity contribution < 1.29 is 37.3 Å². The lowest BCUT2D eigenvalue weighted by atomic mass is 10.1. The van der Waals surface area contributed by atoms with Gasteiger partial charge in [-0.25, -0.2) is 18.1 Å². The first-order chi connectivity index (χ1) is 25.7. The number of pyridine rings is 1. The van der Waals surface area contributed by atoms with Crippen LogP contribution in [0, 0.1) is 11.6 Å². The van der Waals surface area contributed by atoms with E-state index < -0.39 is 34.8 Å². The summed E-state index contributed by atoms with van der Waals surface area (Å²) in [4.78, 5) is 46.8. The quantitative estimate of drug-likeness (QED) is 0.178. The number of ether oxygens (including phenoxy) is 5. The summed E-state index contributed by atoms with van der Waals surface area (Å²) < 4.78 is 60.8. The lowest BCUT2D eigenvalue weighted by Crippen LogP contribution is -2.42. The van der Waals surface area contributed by atoms with Crippen LogP contribution in [0.1, 0.15) is 36.7 Å². The number of anilines is 1. The zero-order chi connectivity index (χ0) is 37.1. The molecule has 0 atom stereocenters. The van der Waals surface area contributed by atoms with E-state index in [2.05, 4.69) is 15.2 Å². The molecule has 53 heavy (non-hydrogen) atoms. The summed E-state index contributed by atoms with van der Waals surface area (Å²) in [6.45, 7) is 8.60. The minimum atomic E-state index is -0.919. The second-order valence-corrected chi connectivity index (χ2v) is 12.7. The monoisotopic (exact) mass is 729 g/mol. The van der Waals surface area contributed by atoms with Gasteiger partial charge in [-0.05, 0) is 62.7 Å². The van der Waals surface area contributed by atoms with E-state index in [0.29, 0.717) is 41.4 Å². The molecule has 3 aromatic carbocycles. The minimum absolute atomic E-state index is 0.0268. The maximum Gasteiger partial charge on any atom is 0.335 e. The molecule has 2 aliphatic heterocycles. The average Bonchev–Trinajstić information content (AvgIpc) is 3.15. The number of amides is 1. The zero-order valence-corrected chi connectivity index (χ0v) is 29.1. The van der Waals surface area contributed by atoms with Crippen molar-refractivity contribution in [3.63, 3.8) is 0 Å². The molecule has 13 nitrogen and oxygen atoms in total. The average molecular weight is 730 g/mol. The van der Waals surface area contributed by atoms with Crippen LogP contribution < -0.4 is 35.5 Å². The Morgan fingerprint density at radius 3 is 2.42 bits per heavy atom. The molecule has 7 rings (SSSR count). The van der Waals surface area contributed by atoms with Crippen molar-refractivity contribution >= 4 is 22.5 Å². The molecule has 0 saturated carbocycles. The molecule has 2 aromatic heterocycles. The molecular formula is C38H37F2N5O8. The van der Waals surface area contributed by atoms with Gasteiger partial charge >= 0.3 is 5.69 Å². The van der Waals surface area contributed by atoms with Crippen LogP contribution in [-0.4, -0.2) is 77.6 Å². The number of carbonyl (C=O) groups excluding carboxylic acids is 1. The van der Waals surface area contributed by atoms with Crippen LogP contribution in [0.4, 0.5) is 14.5 Å². The van der Waals surface area contributed by atoms with Crippen LogP contribution in [0.3, 0.4) is 0 Å². The van der Waals surface area contributed by atoms with Crippen molar-refractivity contribution in [1.82, 2.24) is 19.0 Å². The first kappa shape index (κ1) is 35.6. The number of morpholine rings is 1. The van der Waals surface area contributed by atoms with Crippen molar-refractivity contribution in [2.75, 3.05) is 58.0 Å². The molecule has 5 aromatic rings. The third kappa shape index (κ3) is 7.57. The van der Waals surface area contributed by atoms with Crippen LogP contribution in [-0.2, 0) is 4.74 Å². The molecular weight excluding hydrogens is 692 g/mol. The Labute approximate surface area is 302 Å². The number of nitrogens with one attached hydrogen (secondary N) is 1. The summed E-state index contributed by atoms with van der Waals surface area (Å²) >= 11 is 0. The summed E-state index contributed by atoms with van der Waals surface area (Å²) in [5.41, 5.74) is -1.39. The van der Waals surface area contributed by atoms with Gasteiger partial charge in [-0.2, -0.15) is 0 Å². The van der Waals surface area contributed by atoms with E-state index in [4.69, 9.17) is 23.7 Å². The van der Waals surface area contributed by atoms with E-state index in [9.17, 15) is 18.8 Å². The van der Waals surface area contributed by atoms with Crippen LogP contribution in [0.15, 0.2) is 76.6 Å². The lowest BCUT2D eigenvalue weighted by Gasteiger charge is -2.26. The summed E-state index contributed by atoms with van der Waals surface area (Å²) in [6.07, 6.45) is 3.48. The Balaban J connectivity index is 1.11. The van der Waals surface area contributed by atoms with Gasteiger partial charge in [0.2, 0.25) is 5.75 Å². The third-order valence-corrected chi connectivity index (χ3v) is 8.83. The first-order valence-corrected chi connectivity index (χ1v) is 17.2. The fourth-order valence-electron chi connectivity index (χ4n) is 6.16. The van der Waals surface area contributed by atoms with Crippen LogP contribution >= 0.6 is 0 Å². The Hall–Kier alpha value is -5.80. The van der Waals surface area contributed by atoms with Gasteiger partial charge in [0.25, 0.3) is 11.5 Å². The van der Waals surface area contributed by atoms with E-state index in [0.717, 1.165) is 68.2 Å². The number of fused-ring (bicyclic) bond motifs is 3. The summed E-state index contributed by atoms with van der Waals surface area (Å²) in [7, 11) is 0. The largest absolute Gasteiger partial charge is 0.489 e. The highest BCUT2D eigenvalue weighted by Crippen LogP contribution is 2.48. The Morgan fingerprint density at radius 2 is 1.68 bits per heavy atom. The molecule has 0 unspecified atom stereocenters. The number of hydrogen-bond acceptors (Lipinski definition) is 10. The highest BCUT2D eigenvalue weighted by Gasteiger charge is 2.26. The molecule has 2 aliphatic rings. The van der Waals surface area contributed by atoms with Gasteiger partial charge in [-0.1, -0.05) is 0 Å². The molecule has 1 N–H and O–H groups in total. The smallest absolute Gasteiger partial charge is 0.335 e. The molecule has 0 aliphatic carbocycles. The summed E-state index contributed by atoms with van der Waals surface area (Å²) in [5, 5.41) is 3.00. The molecule has 1 amide bonds. The van der Waals surface area contributed by atoms with E-state index in [-0.39, 0.29) is 35.0 Å². The Bertz CT molecular complexity index is 2270. The maximum atomic E-state index is 15.6. The molecule has 4 heterocycles. The van der Waals surface area contributed by atoms with Crippen LogP contribution in [0.5, 0.6) is 28.7 Å². The van der Waals surface area contributed by atoms with Gasteiger partial charge in [0.05, 0.1) is 36.4 Å². The number of halogens is 2. The van der Waals surface area contributed by atoms with Crippen molar-refractivity contribution in [2.24, 2.45) is 0 Å². The molecule has 1 saturated heterocycles. The Kier molecular flexibility index (Phi) is 10.4. The van der Waals surface area contributed by atoms with Crippen molar-refractivity contribution in [3.8, 4) is 34.4 Å². The summed E-state index contributed by atoms with van der Waals surface area (Å²) in [5.74, 6) is -0.880. The normalized spacial score (nSPS) is 14.4. The van der Waals surface area contributed by atoms with Crippen LogP contribution in [0.25, 0.3) is 16.6 Å². The molecule has 15 heteroatoms. The van der Waals surface area contributed by atoms with Gasteiger partial charge < -0.3 is 29.0 Å². The van der Waals surface area contributed by atoms with Gasteiger partial charge in [-0.3, -0.25) is 24.0 Å². The van der Waals surface area contributed by atoms with Crippen molar-refractivity contribution in [1.29, 1.82) is 0 Å². The van der Waals surface area contributed by atoms with Gasteiger partial charge in [0.1, 0.15) is 30.3 Å². The maximum absolute atomic E-state index is 15.6. The molecule has 0 radical (unpaired) electrons. The summed E-state index contributed by atoms with van der Waals surface area (Å²) in [6, 6.07) is 11.4. The second kappa shape index (κ2) is 15.4. The van der Waals surface area contributed by atoms with Gasteiger partial charge in [0, 0.05) is 55.9 Å². The fraction of sp³-hybridized carbons (Fsp3) is 0.316. The van der Waals surface area contributed by atoms with E-state index in [1.165, 1.54) is 35.0 Å². The first-order valence-electron chi connectivity index (χ1n) is 17.2. The molecule has 0 spiro atoms. The number of aromatic nitrogens is 3. The number of hydrogen-bond donors (Lipinski definition) is 1. The number of rotatable bonds is 11. The van der Waals surface area contributed by atoms with E-state index in [1.807, 2.05) is 0 Å². The predicted octanol–water partition coefficient (Wildman–Crippen LogP) is 5.32. The van der Waals surface area contributed by atoms with E-state index in [1.54, 1.807) is 26.0 Å². The fourth-order valence-corrected chi connectivity index (χ4v) is 6.16. The SMILES string of the molecule is CC(C)n1cc(C(=O)Nc2ccc(Oc3ccnc4cc(OCCCN5CCOCC5)c5c(c34)OCCO5)c(F)c2)c(=O)n(-c2ccc(F)cc2)c1=O. The molecule has 1 fully saturated rings. The van der Waals surface area contributed by atoms with Crippen molar-refractivity contribution in [3.05, 3.63) is 105 Å². The lowest BCUT2D eigenvalue weighted by molar-refractivity contribution is 0.0357. The molecule has 0 bridgehead atoms. The highest BCUT2D eigenvalue weighted by molar-refractivity contribution is 6.04. The van der Waals surface area contributed by atoms with Gasteiger partial charge in [-0.15, -0.1) is 0 Å².